The van der Waals surface area contributed by atoms with Crippen molar-refractivity contribution in [3.8, 4) is 0 Å². The molecule has 0 saturated carbocycles. The van der Waals surface area contributed by atoms with Crippen molar-refractivity contribution in [2.45, 2.75) is 19.3 Å². The van der Waals surface area contributed by atoms with Crippen molar-refractivity contribution in [2.24, 2.45) is 14.1 Å². The number of carbonyl (C=O) groups excluding carboxylic acids is 1. The molecule has 4 rings (SSSR count). The number of rotatable bonds is 2. The van der Waals surface area contributed by atoms with Gasteiger partial charge in [-0.25, -0.2) is 9.59 Å². The third-order valence-electron chi connectivity index (χ3n) is 5.16. The predicted molar refractivity (Wildman–Crippen MR) is 96.2 cm³/mol. The van der Waals surface area contributed by atoms with Crippen molar-refractivity contribution in [1.29, 1.82) is 0 Å². The minimum absolute atomic E-state index is 0.112. The largest absolute Gasteiger partial charge is 0.456 e. The quantitative estimate of drug-likeness (QED) is 0.815. The van der Waals surface area contributed by atoms with Crippen molar-refractivity contribution in [1.82, 2.24) is 9.13 Å². The van der Waals surface area contributed by atoms with Crippen LogP contribution in [0.25, 0.3) is 0 Å². The van der Waals surface area contributed by atoms with Crippen molar-refractivity contribution in [3.63, 3.8) is 0 Å². The van der Waals surface area contributed by atoms with Gasteiger partial charge in [0.15, 0.2) is 0 Å². The summed E-state index contributed by atoms with van der Waals surface area (Å²) in [5.41, 5.74) is 2.60. The Hall–Kier alpha value is -3.09. The highest BCUT2D eigenvalue weighted by Crippen LogP contribution is 2.42. The molecule has 7 nitrogen and oxygen atoms in total. The van der Waals surface area contributed by atoms with Crippen LogP contribution in [0.5, 0.6) is 0 Å². The van der Waals surface area contributed by atoms with Gasteiger partial charge in [-0.15, -0.1) is 0 Å². The maximum atomic E-state index is 12.9. The van der Waals surface area contributed by atoms with E-state index in [1.807, 2.05) is 24.3 Å². The zero-order chi connectivity index (χ0) is 18.6. The first kappa shape index (κ1) is 16.4. The van der Waals surface area contributed by atoms with E-state index in [0.29, 0.717) is 22.7 Å². The highest BCUT2D eigenvalue weighted by atomic mass is 16.5. The number of carbonyl (C=O) groups is 1. The fourth-order valence-electron chi connectivity index (χ4n) is 3.66. The summed E-state index contributed by atoms with van der Waals surface area (Å²) in [5.74, 6) is -0.578. The molecule has 2 aliphatic heterocycles. The zero-order valence-electron chi connectivity index (χ0n) is 14.8. The molecule has 1 N–H and O–H groups in total. The summed E-state index contributed by atoms with van der Waals surface area (Å²) < 4.78 is 7.66. The van der Waals surface area contributed by atoms with Gasteiger partial charge in [-0.3, -0.25) is 13.9 Å². The van der Waals surface area contributed by atoms with Gasteiger partial charge in [0.05, 0.1) is 22.8 Å². The molecule has 0 radical (unpaired) electrons. The Morgan fingerprint density at radius 2 is 1.81 bits per heavy atom. The van der Waals surface area contributed by atoms with E-state index in [2.05, 4.69) is 12.2 Å². The van der Waals surface area contributed by atoms with Gasteiger partial charge in [-0.2, -0.15) is 0 Å². The fraction of sp³-hybridized carbons (Fsp3) is 0.316. The summed E-state index contributed by atoms with van der Waals surface area (Å²) in [5, 5.41) is 3.07. The Morgan fingerprint density at radius 1 is 1.12 bits per heavy atom. The monoisotopic (exact) mass is 353 g/mol. The van der Waals surface area contributed by atoms with Crippen LogP contribution >= 0.6 is 0 Å². The molecule has 2 aromatic rings. The minimum atomic E-state index is -0.562. The highest BCUT2D eigenvalue weighted by Gasteiger charge is 2.41. The number of fused-ring (bicyclic) bond motifs is 1. The van der Waals surface area contributed by atoms with Crippen molar-refractivity contribution >= 4 is 11.8 Å². The van der Waals surface area contributed by atoms with E-state index in [9.17, 15) is 14.4 Å². The summed E-state index contributed by atoms with van der Waals surface area (Å²) in [6, 6.07) is 7.84. The molecule has 1 unspecified atom stereocenters. The Bertz CT molecular complexity index is 1070. The average Bonchev–Trinajstić information content (AvgIpc) is 3.04. The van der Waals surface area contributed by atoms with Crippen LogP contribution < -0.4 is 16.6 Å². The van der Waals surface area contributed by atoms with Gasteiger partial charge >= 0.3 is 11.7 Å². The fourth-order valence-corrected chi connectivity index (χ4v) is 3.66. The van der Waals surface area contributed by atoms with Gasteiger partial charge in [-0.1, -0.05) is 31.2 Å². The number of ether oxygens (including phenoxy) is 1. The summed E-state index contributed by atoms with van der Waals surface area (Å²) in [6.45, 7) is 2.18. The lowest BCUT2D eigenvalue weighted by Gasteiger charge is -2.28. The smallest absolute Gasteiger partial charge is 0.337 e. The number of nitrogens with zero attached hydrogens (tertiary/aromatic N) is 2. The van der Waals surface area contributed by atoms with Crippen LogP contribution in [0.3, 0.4) is 0 Å². The van der Waals surface area contributed by atoms with Crippen molar-refractivity contribution in [3.05, 3.63) is 73.1 Å². The predicted octanol–water partition coefficient (Wildman–Crippen LogP) is 1.01. The van der Waals surface area contributed by atoms with Crippen LogP contribution in [0.4, 0.5) is 5.82 Å². The van der Waals surface area contributed by atoms with Crippen LogP contribution in [0.15, 0.2) is 45.1 Å². The molecule has 0 bridgehead atoms. The van der Waals surface area contributed by atoms with Gasteiger partial charge in [-0.05, 0) is 17.5 Å². The molecule has 1 aromatic carbocycles. The number of cyclic esters (lactones) is 1. The molecular weight excluding hydrogens is 334 g/mol. The lowest BCUT2D eigenvalue weighted by atomic mass is 9.82. The summed E-state index contributed by atoms with van der Waals surface area (Å²) >= 11 is 0. The standard InChI is InChI=1S/C19H19N3O4/c1-4-10-5-7-11(8-6-10)13-14-12(9-26-18(14)24)20-16-15(13)17(23)22(3)19(25)21(16)2/h5-8,13,20H,4,9H2,1-3H3. The molecule has 26 heavy (non-hydrogen) atoms. The van der Waals surface area contributed by atoms with Crippen LogP contribution in [0, 0.1) is 0 Å². The molecule has 0 fully saturated rings. The van der Waals surface area contributed by atoms with Gasteiger partial charge in [0, 0.05) is 14.1 Å². The van der Waals surface area contributed by atoms with Gasteiger partial charge in [0.2, 0.25) is 0 Å². The number of esters is 1. The molecule has 1 atom stereocenters. The number of hydrogen-bond donors (Lipinski definition) is 1. The van der Waals surface area contributed by atoms with E-state index in [4.69, 9.17) is 4.74 Å². The van der Waals surface area contributed by atoms with E-state index in [1.54, 1.807) is 7.05 Å². The number of benzene rings is 1. The van der Waals surface area contributed by atoms with Crippen LogP contribution in [-0.4, -0.2) is 21.7 Å². The maximum Gasteiger partial charge on any atom is 0.337 e. The summed E-state index contributed by atoms with van der Waals surface area (Å²) in [6.07, 6.45) is 0.898. The van der Waals surface area contributed by atoms with Crippen LogP contribution in [-0.2, 0) is 30.0 Å². The Morgan fingerprint density at radius 3 is 2.46 bits per heavy atom. The second kappa shape index (κ2) is 5.72. The Balaban J connectivity index is 2.03. The highest BCUT2D eigenvalue weighted by molar-refractivity contribution is 5.96. The van der Waals surface area contributed by atoms with E-state index in [1.165, 1.54) is 17.2 Å². The topological polar surface area (TPSA) is 82.3 Å². The van der Waals surface area contributed by atoms with Gasteiger partial charge < -0.3 is 10.1 Å². The first-order valence-corrected chi connectivity index (χ1v) is 8.50. The first-order chi connectivity index (χ1) is 12.4. The number of aryl methyl sites for hydroxylation is 1. The molecule has 0 aliphatic carbocycles. The lowest BCUT2D eigenvalue weighted by molar-refractivity contribution is -0.136. The van der Waals surface area contributed by atoms with E-state index < -0.39 is 23.1 Å². The average molecular weight is 353 g/mol. The molecule has 0 spiro atoms. The third kappa shape index (κ3) is 2.16. The summed E-state index contributed by atoms with van der Waals surface area (Å²) in [4.78, 5) is 37.6. The SMILES string of the molecule is CCc1ccc(C2C3=C(COC3=O)Nc3c2c(=O)n(C)c(=O)n3C)cc1. The first-order valence-electron chi connectivity index (χ1n) is 8.50. The molecule has 0 amide bonds. The molecule has 0 saturated heterocycles. The maximum absolute atomic E-state index is 12.9. The minimum Gasteiger partial charge on any atom is -0.456 e. The Kier molecular flexibility index (Phi) is 3.61. The van der Waals surface area contributed by atoms with Crippen molar-refractivity contribution in [2.75, 3.05) is 11.9 Å². The third-order valence-corrected chi connectivity index (χ3v) is 5.16. The second-order valence-corrected chi connectivity index (χ2v) is 6.59. The molecule has 1 aromatic heterocycles. The molecule has 134 valence electrons. The molecule has 2 aliphatic rings. The van der Waals surface area contributed by atoms with E-state index >= 15 is 0 Å². The number of hydrogen-bond acceptors (Lipinski definition) is 5. The van der Waals surface area contributed by atoms with Crippen molar-refractivity contribution < 1.29 is 9.53 Å². The van der Waals surface area contributed by atoms with Crippen LogP contribution in [0.1, 0.15) is 29.5 Å². The van der Waals surface area contributed by atoms with Crippen LogP contribution in [0.2, 0.25) is 0 Å². The molecular formula is C19H19N3O4. The summed E-state index contributed by atoms with van der Waals surface area (Å²) in [7, 11) is 3.05. The molecule has 7 heteroatoms. The van der Waals surface area contributed by atoms with Gasteiger partial charge in [0.25, 0.3) is 5.56 Å². The zero-order valence-corrected chi connectivity index (χ0v) is 14.8. The lowest BCUT2D eigenvalue weighted by Crippen LogP contribution is -2.43. The number of nitrogens with one attached hydrogen (secondary N) is 1. The Labute approximate surface area is 149 Å². The second-order valence-electron chi connectivity index (χ2n) is 6.59. The van der Waals surface area contributed by atoms with Gasteiger partial charge in [0.1, 0.15) is 12.4 Å². The number of aromatic nitrogens is 2. The van der Waals surface area contributed by atoms with E-state index in [-0.39, 0.29) is 6.61 Å². The van der Waals surface area contributed by atoms with E-state index in [0.717, 1.165) is 16.6 Å². The normalized spacial score (nSPS) is 18.3. The molecule has 3 heterocycles. The number of anilines is 1.